The van der Waals surface area contributed by atoms with E-state index in [-0.39, 0.29) is 34.2 Å². The molecule has 0 bridgehead atoms. The van der Waals surface area contributed by atoms with Crippen molar-refractivity contribution in [3.8, 4) is 0 Å². The molecule has 2 rings (SSSR count). The van der Waals surface area contributed by atoms with E-state index in [9.17, 15) is 14.3 Å². The van der Waals surface area contributed by atoms with Crippen molar-refractivity contribution in [3.63, 3.8) is 0 Å². The van der Waals surface area contributed by atoms with Crippen molar-refractivity contribution in [2.75, 3.05) is 6.61 Å². The van der Waals surface area contributed by atoms with Gasteiger partial charge < -0.3 is 9.84 Å². The second-order valence-electron chi connectivity index (χ2n) is 4.31. The van der Waals surface area contributed by atoms with Gasteiger partial charge in [0.15, 0.2) is 5.76 Å². The summed E-state index contributed by atoms with van der Waals surface area (Å²) in [4.78, 5) is 15.8. The normalized spacial score (nSPS) is 16.4. The zero-order chi connectivity index (χ0) is 15.6. The number of aliphatic hydroxyl groups excluding tert-OH is 1. The summed E-state index contributed by atoms with van der Waals surface area (Å²) in [7, 11) is 0. The molecule has 6 heteroatoms. The van der Waals surface area contributed by atoms with Gasteiger partial charge in [-0.05, 0) is 32.1 Å². The molecule has 4 nitrogen and oxygen atoms in total. The first-order valence-electron chi connectivity index (χ1n) is 6.27. The number of benzene rings is 1. The minimum absolute atomic E-state index is 0.0180. The van der Waals surface area contributed by atoms with Crippen molar-refractivity contribution in [3.05, 3.63) is 51.6 Å². The van der Waals surface area contributed by atoms with E-state index in [2.05, 4.69) is 4.99 Å². The smallest absolute Gasteiger partial charge is 0.343 e. The van der Waals surface area contributed by atoms with Gasteiger partial charge in [-0.1, -0.05) is 17.7 Å². The highest BCUT2D eigenvalue weighted by molar-refractivity contribution is 6.32. The summed E-state index contributed by atoms with van der Waals surface area (Å²) in [6.45, 7) is 3.40. The van der Waals surface area contributed by atoms with Crippen LogP contribution < -0.4 is 0 Å². The van der Waals surface area contributed by atoms with Gasteiger partial charge in [0.1, 0.15) is 17.1 Å². The van der Waals surface area contributed by atoms with Gasteiger partial charge in [-0.3, -0.25) is 0 Å². The van der Waals surface area contributed by atoms with Gasteiger partial charge in [0.25, 0.3) is 0 Å². The Morgan fingerprint density at radius 3 is 2.86 bits per heavy atom. The Balaban J connectivity index is 2.47. The van der Waals surface area contributed by atoms with Gasteiger partial charge in [0.05, 0.1) is 17.3 Å². The number of halogens is 2. The first-order chi connectivity index (χ1) is 9.95. The van der Waals surface area contributed by atoms with Crippen molar-refractivity contribution >= 4 is 29.4 Å². The third-order valence-corrected chi connectivity index (χ3v) is 3.22. The maximum atomic E-state index is 13.7. The molecule has 0 fully saturated rings. The van der Waals surface area contributed by atoms with Crippen LogP contribution in [0.15, 0.2) is 40.2 Å². The molecule has 0 spiro atoms. The lowest BCUT2D eigenvalue weighted by Crippen LogP contribution is -2.13. The van der Waals surface area contributed by atoms with Crippen molar-refractivity contribution in [1.82, 2.24) is 0 Å². The predicted octanol–water partition coefficient (Wildman–Crippen LogP) is 3.67. The highest BCUT2D eigenvalue weighted by Gasteiger charge is 2.27. The predicted molar refractivity (Wildman–Crippen MR) is 78.8 cm³/mol. The number of carbonyl (C=O) groups excluding carboxylic acids is 1. The van der Waals surface area contributed by atoms with E-state index in [0.29, 0.717) is 5.71 Å². The molecule has 1 aliphatic rings. The molecule has 0 aliphatic carbocycles. The molecule has 0 amide bonds. The second-order valence-corrected chi connectivity index (χ2v) is 4.71. The van der Waals surface area contributed by atoms with Gasteiger partial charge >= 0.3 is 5.97 Å². The number of carbonyl (C=O) groups is 1. The molecule has 0 unspecified atom stereocenters. The molecule has 0 saturated heterocycles. The second kappa shape index (κ2) is 6.10. The van der Waals surface area contributed by atoms with Crippen LogP contribution in [0.4, 0.5) is 4.39 Å². The molecular formula is C15H13ClFNO3. The minimum atomic E-state index is -0.667. The van der Waals surface area contributed by atoms with E-state index in [1.54, 1.807) is 13.8 Å². The highest BCUT2D eigenvalue weighted by Crippen LogP contribution is 2.29. The van der Waals surface area contributed by atoms with Gasteiger partial charge in [-0.2, -0.15) is 0 Å². The monoisotopic (exact) mass is 309 g/mol. The van der Waals surface area contributed by atoms with Gasteiger partial charge in [0, 0.05) is 5.56 Å². The summed E-state index contributed by atoms with van der Waals surface area (Å²) in [6, 6.07) is 4.25. The molecule has 110 valence electrons. The van der Waals surface area contributed by atoms with Crippen molar-refractivity contribution < 1.29 is 19.0 Å². The van der Waals surface area contributed by atoms with E-state index in [4.69, 9.17) is 16.3 Å². The largest absolute Gasteiger partial charge is 0.505 e. The van der Waals surface area contributed by atoms with Crippen LogP contribution in [0.5, 0.6) is 0 Å². The van der Waals surface area contributed by atoms with Gasteiger partial charge in [-0.15, -0.1) is 0 Å². The fourth-order valence-corrected chi connectivity index (χ4v) is 2.14. The zero-order valence-corrected chi connectivity index (χ0v) is 12.2. The van der Waals surface area contributed by atoms with Crippen LogP contribution in [-0.2, 0) is 9.53 Å². The first kappa shape index (κ1) is 15.3. The summed E-state index contributed by atoms with van der Waals surface area (Å²) in [5.74, 6) is -1.55. The summed E-state index contributed by atoms with van der Waals surface area (Å²) in [5.41, 5.74) is 0.463. The highest BCUT2D eigenvalue weighted by atomic mass is 35.5. The fraction of sp³-hybridized carbons (Fsp3) is 0.200. The van der Waals surface area contributed by atoms with Crippen LogP contribution in [-0.4, -0.2) is 23.4 Å². The van der Waals surface area contributed by atoms with E-state index in [1.807, 2.05) is 0 Å². The molecule has 0 atom stereocenters. The Labute approximate surface area is 126 Å². The van der Waals surface area contributed by atoms with Crippen molar-refractivity contribution in [1.29, 1.82) is 0 Å². The summed E-state index contributed by atoms with van der Waals surface area (Å²) in [6.07, 6.45) is 1.29. The Kier molecular flexibility index (Phi) is 4.43. The number of nitrogens with zero attached hydrogens (tertiary/aromatic N) is 1. The number of hydrogen-bond donors (Lipinski definition) is 1. The molecule has 1 N–H and O–H groups in total. The van der Waals surface area contributed by atoms with E-state index in [1.165, 1.54) is 24.3 Å². The van der Waals surface area contributed by atoms with E-state index >= 15 is 0 Å². The maximum absolute atomic E-state index is 13.7. The summed E-state index contributed by atoms with van der Waals surface area (Å²) >= 11 is 5.92. The van der Waals surface area contributed by atoms with Crippen LogP contribution in [0.25, 0.3) is 6.08 Å². The summed E-state index contributed by atoms with van der Waals surface area (Å²) < 4.78 is 18.6. The molecule has 0 radical (unpaired) electrons. The van der Waals surface area contributed by atoms with Crippen molar-refractivity contribution in [2.24, 2.45) is 4.99 Å². The van der Waals surface area contributed by atoms with Gasteiger partial charge in [-0.25, -0.2) is 14.2 Å². The molecule has 0 aromatic heterocycles. The third kappa shape index (κ3) is 2.97. The van der Waals surface area contributed by atoms with Crippen LogP contribution in [0, 0.1) is 5.82 Å². The SMILES string of the molecule is CCOC(=O)C1=C(O)/C(=C/c2c(F)cccc2Cl)N=C1C. The maximum Gasteiger partial charge on any atom is 0.343 e. The van der Waals surface area contributed by atoms with Gasteiger partial charge in [0.2, 0.25) is 0 Å². The van der Waals surface area contributed by atoms with E-state index in [0.717, 1.165) is 0 Å². The third-order valence-electron chi connectivity index (χ3n) is 2.89. The fourth-order valence-electron chi connectivity index (χ4n) is 1.92. The van der Waals surface area contributed by atoms with Crippen LogP contribution in [0.3, 0.4) is 0 Å². The average molecular weight is 310 g/mol. The summed E-state index contributed by atoms with van der Waals surface area (Å²) in [5, 5.41) is 10.3. The zero-order valence-electron chi connectivity index (χ0n) is 11.5. The molecule has 0 saturated carbocycles. The molecule has 1 aromatic rings. The lowest BCUT2D eigenvalue weighted by atomic mass is 10.1. The Morgan fingerprint density at radius 1 is 1.52 bits per heavy atom. The lowest BCUT2D eigenvalue weighted by molar-refractivity contribution is -0.138. The molecular weight excluding hydrogens is 297 g/mol. The Morgan fingerprint density at radius 2 is 2.24 bits per heavy atom. The minimum Gasteiger partial charge on any atom is -0.505 e. The van der Waals surface area contributed by atoms with Crippen LogP contribution in [0.2, 0.25) is 5.02 Å². The Hall–Kier alpha value is -2.14. The lowest BCUT2D eigenvalue weighted by Gasteiger charge is -2.03. The number of esters is 1. The Bertz CT molecular complexity index is 672. The van der Waals surface area contributed by atoms with Crippen LogP contribution in [0.1, 0.15) is 19.4 Å². The van der Waals surface area contributed by atoms with Crippen LogP contribution >= 0.6 is 11.6 Å². The molecule has 1 heterocycles. The average Bonchev–Trinajstić information content (AvgIpc) is 2.69. The molecule has 1 aromatic carbocycles. The van der Waals surface area contributed by atoms with Crippen molar-refractivity contribution in [2.45, 2.75) is 13.8 Å². The number of ether oxygens (including phenoxy) is 1. The standard InChI is InChI=1S/C15H13ClFNO3/c1-3-21-15(20)13-8(2)18-12(14(13)19)7-9-10(16)5-4-6-11(9)17/h4-7,19H,3H2,1-2H3/b12-7-. The number of rotatable bonds is 3. The molecule has 21 heavy (non-hydrogen) atoms. The number of aliphatic hydroxyl groups is 1. The topological polar surface area (TPSA) is 58.9 Å². The number of hydrogen-bond acceptors (Lipinski definition) is 4. The first-order valence-corrected chi connectivity index (χ1v) is 6.65. The molecule has 1 aliphatic heterocycles. The number of aliphatic imine (C=N–C) groups is 1. The van der Waals surface area contributed by atoms with E-state index < -0.39 is 11.8 Å². The quantitative estimate of drug-likeness (QED) is 0.867.